The first-order valence-corrected chi connectivity index (χ1v) is 13.9. The number of rotatable bonds is 15. The van der Waals surface area contributed by atoms with Gasteiger partial charge in [0.25, 0.3) is 5.69 Å². The van der Waals surface area contributed by atoms with Crippen LogP contribution in [0.5, 0.6) is 0 Å². The summed E-state index contributed by atoms with van der Waals surface area (Å²) < 4.78 is 10.3. The minimum atomic E-state index is -1.05. The van der Waals surface area contributed by atoms with Gasteiger partial charge in [-0.15, -0.1) is 11.6 Å². The van der Waals surface area contributed by atoms with Crippen LogP contribution >= 0.6 is 23.2 Å². The Bertz CT molecular complexity index is 1490. The molecule has 0 aliphatic rings. The number of esters is 2. The summed E-state index contributed by atoms with van der Waals surface area (Å²) in [6, 6.07) is 17.0. The largest absolute Gasteiger partial charge is 0.454 e. The van der Waals surface area contributed by atoms with Crippen LogP contribution in [0.4, 0.5) is 11.4 Å². The maximum Gasteiger partial charge on any atom is 0.338 e. The molecule has 3 rings (SSSR count). The molecule has 0 aliphatic carbocycles. The lowest BCUT2D eigenvalue weighted by Crippen LogP contribution is -2.28. The maximum atomic E-state index is 12.7. The molecule has 0 aromatic heterocycles. The average Bonchev–Trinajstić information content (AvgIpc) is 3.00. The number of alkyl halides is 1. The van der Waals surface area contributed by atoms with Crippen LogP contribution in [-0.4, -0.2) is 52.9 Å². The first-order chi connectivity index (χ1) is 20.6. The molecule has 13 heteroatoms. The molecule has 1 amide bonds. The molecule has 224 valence electrons. The monoisotopic (exact) mass is 628 g/mol. The van der Waals surface area contributed by atoms with Crippen LogP contribution in [0.1, 0.15) is 56.8 Å². The quantitative estimate of drug-likeness (QED) is 0.0719. The Kier molecular flexibility index (Phi) is 12.3. The smallest absolute Gasteiger partial charge is 0.338 e. The van der Waals surface area contributed by atoms with E-state index in [1.54, 1.807) is 12.1 Å². The summed E-state index contributed by atoms with van der Waals surface area (Å²) in [5, 5.41) is 14.0. The van der Waals surface area contributed by atoms with Gasteiger partial charge in [-0.1, -0.05) is 23.7 Å². The van der Waals surface area contributed by atoms with E-state index in [1.807, 2.05) is 0 Å². The van der Waals surface area contributed by atoms with Gasteiger partial charge in [-0.25, -0.2) is 4.79 Å². The number of ether oxygens (including phenoxy) is 2. The summed E-state index contributed by atoms with van der Waals surface area (Å²) in [7, 11) is 0. The highest BCUT2D eigenvalue weighted by atomic mass is 35.5. The highest BCUT2D eigenvalue weighted by Crippen LogP contribution is 2.17. The number of halogens is 2. The number of carbonyl (C=O) groups excluding carboxylic acids is 5. The van der Waals surface area contributed by atoms with E-state index in [9.17, 15) is 34.1 Å². The summed E-state index contributed by atoms with van der Waals surface area (Å²) in [5.41, 5.74) is 0.613. The number of non-ortho nitro benzene ring substituents is 1. The first-order valence-electron chi connectivity index (χ1n) is 13.0. The Labute approximate surface area is 256 Å². The molecule has 11 nitrogen and oxygen atoms in total. The number of nitrogens with one attached hydrogen (secondary N) is 1. The van der Waals surface area contributed by atoms with Gasteiger partial charge in [0.2, 0.25) is 17.5 Å². The minimum Gasteiger partial charge on any atom is -0.454 e. The summed E-state index contributed by atoms with van der Waals surface area (Å²) in [6.45, 7) is -0.608. The van der Waals surface area contributed by atoms with Gasteiger partial charge in [0.1, 0.15) is 0 Å². The Morgan fingerprint density at radius 2 is 1.56 bits per heavy atom. The first kappa shape index (κ1) is 32.9. The number of hydrogen-bond acceptors (Lipinski definition) is 9. The molecule has 1 N–H and O–H groups in total. The third kappa shape index (κ3) is 10.3. The zero-order valence-electron chi connectivity index (χ0n) is 22.6. The van der Waals surface area contributed by atoms with E-state index >= 15 is 0 Å². The number of nitro groups is 1. The van der Waals surface area contributed by atoms with Crippen molar-refractivity contribution >= 4 is 64.0 Å². The third-order valence-corrected chi connectivity index (χ3v) is 6.44. The molecule has 3 aromatic rings. The second kappa shape index (κ2) is 16.1. The van der Waals surface area contributed by atoms with Crippen molar-refractivity contribution in [2.75, 3.05) is 17.8 Å². The summed E-state index contributed by atoms with van der Waals surface area (Å²) >= 11 is 11.6. The lowest BCUT2D eigenvalue weighted by atomic mass is 10.0. The molecular formula is C30H26Cl2N2O9. The Morgan fingerprint density at radius 3 is 2.21 bits per heavy atom. The molecule has 3 aromatic carbocycles. The topological polar surface area (TPSA) is 159 Å². The molecule has 1 atom stereocenters. The normalized spacial score (nSPS) is 11.2. The zero-order valence-corrected chi connectivity index (χ0v) is 24.1. The van der Waals surface area contributed by atoms with Crippen molar-refractivity contribution in [2.45, 2.75) is 31.8 Å². The molecule has 0 spiro atoms. The molecule has 0 saturated heterocycles. The molecular weight excluding hydrogens is 603 g/mol. The van der Waals surface area contributed by atoms with Gasteiger partial charge in [0.05, 0.1) is 10.5 Å². The molecule has 0 radical (unpaired) electrons. The van der Waals surface area contributed by atoms with Gasteiger partial charge >= 0.3 is 11.9 Å². The predicted octanol–water partition coefficient (Wildman–Crippen LogP) is 5.82. The van der Waals surface area contributed by atoms with Crippen molar-refractivity contribution in [2.24, 2.45) is 0 Å². The van der Waals surface area contributed by atoms with E-state index < -0.39 is 41.1 Å². The predicted molar refractivity (Wildman–Crippen MR) is 158 cm³/mol. The number of anilines is 1. The third-order valence-electron chi connectivity index (χ3n) is 5.97. The lowest BCUT2D eigenvalue weighted by Gasteiger charge is -2.16. The van der Waals surface area contributed by atoms with Gasteiger partial charge in [-0.3, -0.25) is 29.3 Å². The number of amides is 1. The van der Waals surface area contributed by atoms with Gasteiger partial charge in [-0.05, 0) is 55.0 Å². The van der Waals surface area contributed by atoms with Crippen LogP contribution in [0.2, 0.25) is 5.02 Å². The molecule has 1 unspecified atom stereocenters. The van der Waals surface area contributed by atoms with Crippen LogP contribution in [0, 0.1) is 10.1 Å². The van der Waals surface area contributed by atoms with Crippen LogP contribution in [0.3, 0.4) is 0 Å². The molecule has 43 heavy (non-hydrogen) atoms. The molecule has 0 aliphatic heterocycles. The van der Waals surface area contributed by atoms with E-state index in [4.69, 9.17) is 32.7 Å². The van der Waals surface area contributed by atoms with Crippen LogP contribution in [-0.2, 0) is 19.1 Å². The fourth-order valence-corrected chi connectivity index (χ4v) is 4.08. The highest BCUT2D eigenvalue weighted by Gasteiger charge is 2.24. The van der Waals surface area contributed by atoms with Crippen molar-refractivity contribution in [1.82, 2.24) is 0 Å². The number of ketones is 2. The number of Topliss-reactive ketones (excluding diaryl/α,β-unsaturated/α-hetero) is 2. The Hall–Kier alpha value is -4.61. The number of carbonyl (C=O) groups is 5. The van der Waals surface area contributed by atoms with Gasteiger partial charge in [0, 0.05) is 59.1 Å². The van der Waals surface area contributed by atoms with Crippen LogP contribution in [0.15, 0.2) is 72.8 Å². The van der Waals surface area contributed by atoms with Gasteiger partial charge in [0.15, 0.2) is 12.7 Å². The number of benzene rings is 3. The molecule has 0 fully saturated rings. The van der Waals surface area contributed by atoms with E-state index in [0.29, 0.717) is 16.3 Å². The fourth-order valence-electron chi connectivity index (χ4n) is 3.76. The summed E-state index contributed by atoms with van der Waals surface area (Å²) in [6.07, 6.45) is -0.865. The number of nitro benzene ring substituents is 1. The second-order valence-electron chi connectivity index (χ2n) is 9.11. The molecule has 0 bridgehead atoms. The second-order valence-corrected chi connectivity index (χ2v) is 9.93. The SMILES string of the molecule is O=C(CCCC(=O)OC(CCCl)C(=O)c1ccc(Cl)cc1)Nc1ccc(C(=O)OCC(=O)c2cccc([N+](=O)[O-])c2)cc1. The summed E-state index contributed by atoms with van der Waals surface area (Å²) in [5.74, 6) is -2.72. The molecule has 0 saturated carbocycles. The van der Waals surface area contributed by atoms with Crippen molar-refractivity contribution in [3.05, 3.63) is 105 Å². The van der Waals surface area contributed by atoms with E-state index in [2.05, 4.69) is 5.32 Å². The lowest BCUT2D eigenvalue weighted by molar-refractivity contribution is -0.384. The van der Waals surface area contributed by atoms with Crippen molar-refractivity contribution < 1.29 is 38.4 Å². The number of nitrogens with zero attached hydrogens (tertiary/aromatic N) is 1. The van der Waals surface area contributed by atoms with Crippen molar-refractivity contribution in [3.63, 3.8) is 0 Å². The van der Waals surface area contributed by atoms with Crippen LogP contribution < -0.4 is 5.32 Å². The van der Waals surface area contributed by atoms with E-state index in [1.165, 1.54) is 54.6 Å². The van der Waals surface area contributed by atoms with E-state index in [-0.39, 0.29) is 54.3 Å². The standard InChI is InChI=1S/C30H26Cl2N2O9/c31-16-15-26(29(38)19-7-11-22(32)12-8-19)43-28(37)6-2-5-27(36)33-23-13-9-20(10-14-23)30(39)42-18-25(35)21-3-1-4-24(17-21)34(40)41/h1,3-4,7-14,17,26H,2,5-6,15-16,18H2,(H,33,36). The van der Waals surface area contributed by atoms with E-state index in [0.717, 1.165) is 6.07 Å². The minimum absolute atomic E-state index is 0.00996. The Morgan fingerprint density at radius 1 is 0.884 bits per heavy atom. The Balaban J connectivity index is 1.42. The van der Waals surface area contributed by atoms with Crippen molar-refractivity contribution in [3.8, 4) is 0 Å². The van der Waals surface area contributed by atoms with Gasteiger partial charge in [-0.2, -0.15) is 0 Å². The zero-order chi connectivity index (χ0) is 31.4. The average molecular weight is 629 g/mol. The maximum absolute atomic E-state index is 12.7. The van der Waals surface area contributed by atoms with Gasteiger partial charge < -0.3 is 14.8 Å². The molecule has 0 heterocycles. The number of hydrogen-bond donors (Lipinski definition) is 1. The fraction of sp³-hybridized carbons (Fsp3) is 0.233. The van der Waals surface area contributed by atoms with Crippen LogP contribution in [0.25, 0.3) is 0 Å². The highest BCUT2D eigenvalue weighted by molar-refractivity contribution is 6.30. The van der Waals surface area contributed by atoms with Crippen molar-refractivity contribution in [1.29, 1.82) is 0 Å². The summed E-state index contributed by atoms with van der Waals surface area (Å²) in [4.78, 5) is 72.1.